The van der Waals surface area contributed by atoms with Gasteiger partial charge < -0.3 is 5.11 Å². The van der Waals surface area contributed by atoms with E-state index in [1.54, 1.807) is 0 Å². The first-order chi connectivity index (χ1) is 8.15. The quantitative estimate of drug-likeness (QED) is 0.867. The van der Waals surface area contributed by atoms with Gasteiger partial charge in [-0.25, -0.2) is 0 Å². The highest BCUT2D eigenvalue weighted by Crippen LogP contribution is 2.17. The molecule has 2 rings (SSSR count). The summed E-state index contributed by atoms with van der Waals surface area (Å²) in [4.78, 5) is 2.35. The van der Waals surface area contributed by atoms with Crippen LogP contribution in [-0.4, -0.2) is 29.2 Å². The summed E-state index contributed by atoms with van der Waals surface area (Å²) < 4.78 is 0. The van der Waals surface area contributed by atoms with E-state index >= 15 is 0 Å². The van der Waals surface area contributed by atoms with Crippen molar-refractivity contribution < 1.29 is 5.11 Å². The monoisotopic (exact) mass is 233 g/mol. The second-order valence-corrected chi connectivity index (χ2v) is 5.43. The number of rotatable bonds is 3. The maximum absolute atomic E-state index is 9.63. The fourth-order valence-corrected chi connectivity index (χ4v) is 2.44. The van der Waals surface area contributed by atoms with Gasteiger partial charge in [-0.3, -0.25) is 4.90 Å². The van der Waals surface area contributed by atoms with Gasteiger partial charge in [0.05, 0.1) is 6.10 Å². The number of benzene rings is 1. The molecule has 2 nitrogen and oxygen atoms in total. The van der Waals surface area contributed by atoms with Gasteiger partial charge in [0.15, 0.2) is 0 Å². The van der Waals surface area contributed by atoms with Gasteiger partial charge in [-0.05, 0) is 36.4 Å². The van der Waals surface area contributed by atoms with Crippen molar-refractivity contribution in [3.63, 3.8) is 0 Å². The molecule has 0 aliphatic carbocycles. The summed E-state index contributed by atoms with van der Waals surface area (Å²) in [6.07, 6.45) is 1.95. The number of β-amino-alcohol motifs (C(OH)–C–C–N with tert-alkyl or cyclic N) is 1. The van der Waals surface area contributed by atoms with Gasteiger partial charge in [-0.15, -0.1) is 0 Å². The highest BCUT2D eigenvalue weighted by molar-refractivity contribution is 5.24. The molecule has 0 aromatic heterocycles. The molecule has 94 valence electrons. The number of hydrogen-bond donors (Lipinski definition) is 1. The minimum atomic E-state index is -0.126. The van der Waals surface area contributed by atoms with Crippen molar-refractivity contribution in [2.45, 2.75) is 45.3 Å². The van der Waals surface area contributed by atoms with E-state index in [4.69, 9.17) is 0 Å². The Morgan fingerprint density at radius 2 is 2.00 bits per heavy atom. The topological polar surface area (TPSA) is 23.5 Å². The van der Waals surface area contributed by atoms with Crippen LogP contribution in [0.15, 0.2) is 24.3 Å². The van der Waals surface area contributed by atoms with Crippen LogP contribution in [0.5, 0.6) is 0 Å². The van der Waals surface area contributed by atoms with Crippen LogP contribution >= 0.6 is 0 Å². The van der Waals surface area contributed by atoms with Crippen LogP contribution in [0.1, 0.15) is 43.7 Å². The van der Waals surface area contributed by atoms with Crippen molar-refractivity contribution in [3.05, 3.63) is 35.4 Å². The Bertz CT molecular complexity index is 344. The van der Waals surface area contributed by atoms with Crippen molar-refractivity contribution in [2.75, 3.05) is 13.1 Å². The van der Waals surface area contributed by atoms with Gasteiger partial charge in [0.2, 0.25) is 0 Å². The van der Waals surface area contributed by atoms with Crippen molar-refractivity contribution >= 4 is 0 Å². The highest BCUT2D eigenvalue weighted by Gasteiger charge is 2.17. The average Bonchev–Trinajstić information content (AvgIpc) is 2.29. The minimum absolute atomic E-state index is 0.126. The van der Waals surface area contributed by atoms with E-state index in [-0.39, 0.29) is 6.10 Å². The first-order valence-corrected chi connectivity index (χ1v) is 6.64. The first kappa shape index (κ1) is 12.6. The predicted octanol–water partition coefficient (Wildman–Crippen LogP) is 2.77. The molecule has 0 amide bonds. The van der Waals surface area contributed by atoms with E-state index in [0.717, 1.165) is 32.5 Å². The van der Waals surface area contributed by atoms with Crippen LogP contribution in [-0.2, 0) is 6.54 Å². The molecule has 1 aromatic carbocycles. The number of hydrogen-bond acceptors (Lipinski definition) is 2. The molecule has 1 heterocycles. The Morgan fingerprint density at radius 3 is 2.59 bits per heavy atom. The fraction of sp³-hybridized carbons (Fsp3) is 0.600. The molecule has 17 heavy (non-hydrogen) atoms. The van der Waals surface area contributed by atoms with Crippen LogP contribution in [0.25, 0.3) is 0 Å². The van der Waals surface area contributed by atoms with E-state index in [1.165, 1.54) is 11.1 Å². The van der Waals surface area contributed by atoms with Crippen molar-refractivity contribution in [1.29, 1.82) is 0 Å². The third kappa shape index (κ3) is 3.55. The summed E-state index contributed by atoms with van der Waals surface area (Å²) in [5.74, 6) is 0.598. The van der Waals surface area contributed by atoms with Crippen LogP contribution in [0, 0.1) is 0 Å². The highest BCUT2D eigenvalue weighted by atomic mass is 16.3. The molecule has 0 radical (unpaired) electrons. The summed E-state index contributed by atoms with van der Waals surface area (Å²) in [5.41, 5.74) is 2.75. The average molecular weight is 233 g/mol. The Hall–Kier alpha value is -0.860. The first-order valence-electron chi connectivity index (χ1n) is 6.64. The zero-order valence-electron chi connectivity index (χ0n) is 10.9. The van der Waals surface area contributed by atoms with Gasteiger partial charge in [0.25, 0.3) is 0 Å². The molecule has 1 fully saturated rings. The number of likely N-dealkylation sites (tertiary alicyclic amines) is 1. The van der Waals surface area contributed by atoms with E-state index < -0.39 is 0 Å². The lowest BCUT2D eigenvalue weighted by Gasteiger charge is -2.30. The molecule has 1 aliphatic heterocycles. The lowest BCUT2D eigenvalue weighted by atomic mass is 10.0. The summed E-state index contributed by atoms with van der Waals surface area (Å²) in [7, 11) is 0. The Kier molecular flexibility index (Phi) is 4.19. The molecule has 1 atom stereocenters. The SMILES string of the molecule is CC(C)c1ccc(CN2CCC[C@@H](O)C2)cc1. The fourth-order valence-electron chi connectivity index (χ4n) is 2.44. The van der Waals surface area contributed by atoms with E-state index in [9.17, 15) is 5.11 Å². The summed E-state index contributed by atoms with van der Waals surface area (Å²) >= 11 is 0. The molecule has 0 spiro atoms. The largest absolute Gasteiger partial charge is 0.392 e. The standard InChI is InChI=1S/C15H23NO/c1-12(2)14-7-5-13(6-8-14)10-16-9-3-4-15(17)11-16/h5-8,12,15,17H,3-4,9-11H2,1-2H3/t15-/m1/s1. The van der Waals surface area contributed by atoms with Gasteiger partial charge in [0, 0.05) is 13.1 Å². The lowest BCUT2D eigenvalue weighted by Crippen LogP contribution is -2.37. The smallest absolute Gasteiger partial charge is 0.0667 e. The second-order valence-electron chi connectivity index (χ2n) is 5.43. The Morgan fingerprint density at radius 1 is 1.29 bits per heavy atom. The molecule has 0 unspecified atom stereocenters. The molecule has 1 aromatic rings. The maximum Gasteiger partial charge on any atom is 0.0667 e. The van der Waals surface area contributed by atoms with Crippen molar-refractivity contribution in [2.24, 2.45) is 0 Å². The van der Waals surface area contributed by atoms with Crippen LogP contribution in [0.2, 0.25) is 0 Å². The van der Waals surface area contributed by atoms with E-state index in [0.29, 0.717) is 5.92 Å². The zero-order chi connectivity index (χ0) is 12.3. The zero-order valence-corrected chi connectivity index (χ0v) is 10.9. The summed E-state index contributed by atoms with van der Waals surface area (Å²) in [5, 5.41) is 9.63. The Balaban J connectivity index is 1.94. The van der Waals surface area contributed by atoms with Crippen molar-refractivity contribution in [3.8, 4) is 0 Å². The van der Waals surface area contributed by atoms with Crippen LogP contribution in [0.3, 0.4) is 0 Å². The third-order valence-electron chi connectivity index (χ3n) is 3.53. The molecular weight excluding hydrogens is 210 g/mol. The predicted molar refractivity (Wildman–Crippen MR) is 71.0 cm³/mol. The molecule has 1 aliphatic rings. The maximum atomic E-state index is 9.63. The summed E-state index contributed by atoms with van der Waals surface area (Å²) in [6.45, 7) is 7.34. The molecular formula is C15H23NO. The molecule has 1 N–H and O–H groups in total. The van der Waals surface area contributed by atoms with Gasteiger partial charge >= 0.3 is 0 Å². The molecule has 0 bridgehead atoms. The van der Waals surface area contributed by atoms with Crippen LogP contribution < -0.4 is 0 Å². The molecule has 0 saturated carbocycles. The van der Waals surface area contributed by atoms with Gasteiger partial charge in [0.1, 0.15) is 0 Å². The van der Waals surface area contributed by atoms with Crippen LogP contribution in [0.4, 0.5) is 0 Å². The molecule has 2 heteroatoms. The molecule has 1 saturated heterocycles. The number of aliphatic hydroxyl groups is 1. The number of piperidine rings is 1. The number of nitrogens with zero attached hydrogens (tertiary/aromatic N) is 1. The van der Waals surface area contributed by atoms with E-state index in [2.05, 4.69) is 43.0 Å². The van der Waals surface area contributed by atoms with E-state index in [1.807, 2.05) is 0 Å². The van der Waals surface area contributed by atoms with Gasteiger partial charge in [-0.1, -0.05) is 38.1 Å². The third-order valence-corrected chi connectivity index (χ3v) is 3.53. The Labute approximate surface area is 104 Å². The minimum Gasteiger partial charge on any atom is -0.392 e. The van der Waals surface area contributed by atoms with Crippen molar-refractivity contribution in [1.82, 2.24) is 4.90 Å². The normalized spacial score (nSPS) is 22.0. The number of aliphatic hydroxyl groups excluding tert-OH is 1. The van der Waals surface area contributed by atoms with Gasteiger partial charge in [-0.2, -0.15) is 0 Å². The second kappa shape index (κ2) is 5.65. The lowest BCUT2D eigenvalue weighted by molar-refractivity contribution is 0.0668. The summed E-state index contributed by atoms with van der Waals surface area (Å²) in [6, 6.07) is 8.88.